The Kier molecular flexibility index (Phi) is 0.858. The average Bonchev–Trinajstić information content (AvgIpc) is 2.36. The zero-order chi connectivity index (χ0) is 6.97. The minimum Gasteiger partial charge on any atom is -0.383 e. The van der Waals surface area contributed by atoms with E-state index < -0.39 is 0 Å². The lowest BCUT2D eigenvalue weighted by Gasteiger charge is -1.94. The van der Waals surface area contributed by atoms with E-state index in [1.165, 1.54) is 6.33 Å². The lowest BCUT2D eigenvalue weighted by molar-refractivity contribution is 0.940. The summed E-state index contributed by atoms with van der Waals surface area (Å²) in [6, 6.07) is 0. The molecule has 0 amide bonds. The van der Waals surface area contributed by atoms with E-state index in [1.807, 2.05) is 0 Å². The summed E-state index contributed by atoms with van der Waals surface area (Å²) in [5, 5.41) is 3.63. The van der Waals surface area contributed by atoms with E-state index in [2.05, 4.69) is 20.5 Å². The van der Waals surface area contributed by atoms with Gasteiger partial charge in [0.25, 0.3) is 0 Å². The van der Waals surface area contributed by atoms with Crippen LogP contribution in [0.4, 0.5) is 11.6 Å². The van der Waals surface area contributed by atoms with Gasteiger partial charge < -0.3 is 5.73 Å². The third-order valence-electron chi connectivity index (χ3n) is 1.23. The van der Waals surface area contributed by atoms with Gasteiger partial charge in [0, 0.05) is 0 Å². The Bertz CT molecular complexity index is 292. The van der Waals surface area contributed by atoms with Gasteiger partial charge in [0.05, 0.1) is 11.8 Å². The van der Waals surface area contributed by atoms with Gasteiger partial charge in [0.2, 0.25) is 0 Å². The van der Waals surface area contributed by atoms with Gasteiger partial charge >= 0.3 is 0 Å². The molecule has 0 fully saturated rings. The minimum atomic E-state index is 0.426. The largest absolute Gasteiger partial charge is 0.383 e. The molecule has 1 aromatic rings. The van der Waals surface area contributed by atoms with E-state index in [0.717, 1.165) is 0 Å². The van der Waals surface area contributed by atoms with Crippen LogP contribution in [0.1, 0.15) is 5.56 Å². The van der Waals surface area contributed by atoms with Crippen molar-refractivity contribution in [3.05, 3.63) is 11.9 Å². The molecule has 0 atom stereocenters. The number of hydrogen-bond donors (Lipinski definition) is 1. The highest BCUT2D eigenvalue weighted by Crippen LogP contribution is 2.18. The molecule has 5 nitrogen and oxygen atoms in total. The standard InChI is InChI=1S/C5H4N5/c6-4-3-1-9-10-5(3)8-2-7-4/h1-2H,(H2,6,7,8). The van der Waals surface area contributed by atoms with Gasteiger partial charge in [0.15, 0.2) is 5.82 Å². The predicted octanol–water partition coefficient (Wildman–Crippen LogP) is -0.358. The quantitative estimate of drug-likeness (QED) is 0.526. The van der Waals surface area contributed by atoms with Crippen molar-refractivity contribution in [2.45, 2.75) is 0 Å². The molecule has 49 valence electrons. The zero-order valence-electron chi connectivity index (χ0n) is 5.02. The van der Waals surface area contributed by atoms with E-state index >= 15 is 0 Å². The van der Waals surface area contributed by atoms with Crippen molar-refractivity contribution in [3.8, 4) is 0 Å². The van der Waals surface area contributed by atoms with Gasteiger partial charge in [-0.2, -0.15) is 5.10 Å². The SMILES string of the molecule is Nc1ncnc2c1C=N[N]2. The summed E-state index contributed by atoms with van der Waals surface area (Å²) in [6.07, 6.45) is 2.91. The van der Waals surface area contributed by atoms with Crippen molar-refractivity contribution < 1.29 is 0 Å². The molecule has 5 heteroatoms. The summed E-state index contributed by atoms with van der Waals surface area (Å²) in [5.74, 6) is 0.975. The van der Waals surface area contributed by atoms with Crippen molar-refractivity contribution in [2.75, 3.05) is 5.73 Å². The van der Waals surface area contributed by atoms with E-state index in [9.17, 15) is 0 Å². The summed E-state index contributed by atoms with van der Waals surface area (Å²) < 4.78 is 0. The number of nitrogen functional groups attached to an aromatic ring is 1. The molecule has 0 unspecified atom stereocenters. The fraction of sp³-hybridized carbons (Fsp3) is 0. The van der Waals surface area contributed by atoms with Crippen LogP contribution < -0.4 is 11.2 Å². The minimum absolute atomic E-state index is 0.426. The topological polar surface area (TPSA) is 78.3 Å². The van der Waals surface area contributed by atoms with E-state index in [0.29, 0.717) is 17.2 Å². The summed E-state index contributed by atoms with van der Waals surface area (Å²) in [7, 11) is 0. The van der Waals surface area contributed by atoms with Gasteiger partial charge in [0.1, 0.15) is 12.1 Å². The second kappa shape index (κ2) is 1.66. The molecule has 0 spiro atoms. The Labute approximate surface area is 57.0 Å². The lowest BCUT2D eigenvalue weighted by atomic mass is 10.3. The molecule has 0 aliphatic carbocycles. The summed E-state index contributed by atoms with van der Waals surface area (Å²) in [4.78, 5) is 7.60. The van der Waals surface area contributed by atoms with Crippen LogP contribution in [0.15, 0.2) is 11.4 Å². The Morgan fingerprint density at radius 2 is 2.20 bits per heavy atom. The monoisotopic (exact) mass is 134 g/mol. The molecule has 0 saturated heterocycles. The van der Waals surface area contributed by atoms with Gasteiger partial charge in [-0.3, -0.25) is 0 Å². The van der Waals surface area contributed by atoms with Crippen molar-refractivity contribution in [1.29, 1.82) is 0 Å². The van der Waals surface area contributed by atoms with Gasteiger partial charge in [-0.25, -0.2) is 9.97 Å². The molecule has 2 rings (SSSR count). The van der Waals surface area contributed by atoms with Crippen LogP contribution in [-0.4, -0.2) is 16.2 Å². The van der Waals surface area contributed by atoms with Crippen LogP contribution in [0.3, 0.4) is 0 Å². The number of hydrogen-bond acceptors (Lipinski definition) is 4. The first-order valence-corrected chi connectivity index (χ1v) is 2.72. The van der Waals surface area contributed by atoms with Crippen LogP contribution in [0.2, 0.25) is 0 Å². The van der Waals surface area contributed by atoms with Crippen LogP contribution in [-0.2, 0) is 0 Å². The molecule has 2 heterocycles. The van der Waals surface area contributed by atoms with Crippen LogP contribution >= 0.6 is 0 Å². The molecular weight excluding hydrogens is 130 g/mol. The molecule has 0 saturated carbocycles. The first kappa shape index (κ1) is 5.16. The fourth-order valence-corrected chi connectivity index (χ4v) is 0.744. The molecule has 2 N–H and O–H groups in total. The van der Waals surface area contributed by atoms with Gasteiger partial charge in [-0.05, 0) is 0 Å². The van der Waals surface area contributed by atoms with Crippen molar-refractivity contribution >= 4 is 17.9 Å². The third kappa shape index (κ3) is 0.540. The first-order chi connectivity index (χ1) is 4.88. The maximum absolute atomic E-state index is 5.47. The first-order valence-electron chi connectivity index (χ1n) is 2.72. The predicted molar refractivity (Wildman–Crippen MR) is 35.8 cm³/mol. The Morgan fingerprint density at radius 3 is 3.00 bits per heavy atom. The van der Waals surface area contributed by atoms with Crippen LogP contribution in [0.25, 0.3) is 0 Å². The maximum Gasteiger partial charge on any atom is 0.188 e. The fourth-order valence-electron chi connectivity index (χ4n) is 0.744. The lowest BCUT2D eigenvalue weighted by Crippen LogP contribution is -1.97. The Morgan fingerprint density at radius 1 is 1.30 bits per heavy atom. The maximum atomic E-state index is 5.47. The van der Waals surface area contributed by atoms with Gasteiger partial charge in [-0.15, -0.1) is 5.43 Å². The van der Waals surface area contributed by atoms with E-state index in [4.69, 9.17) is 5.73 Å². The molecule has 1 aliphatic rings. The molecule has 0 aromatic carbocycles. The van der Waals surface area contributed by atoms with E-state index in [1.54, 1.807) is 6.21 Å². The van der Waals surface area contributed by atoms with Crippen molar-refractivity contribution in [2.24, 2.45) is 5.10 Å². The zero-order valence-corrected chi connectivity index (χ0v) is 5.02. The highest BCUT2D eigenvalue weighted by molar-refractivity contribution is 5.92. The Hall–Kier alpha value is -1.65. The summed E-state index contributed by atoms with van der Waals surface area (Å²) in [6.45, 7) is 0. The molecule has 1 radical (unpaired) electrons. The highest BCUT2D eigenvalue weighted by atomic mass is 15.3. The average molecular weight is 134 g/mol. The Balaban J connectivity index is 2.67. The number of aromatic nitrogens is 2. The van der Waals surface area contributed by atoms with E-state index in [-0.39, 0.29) is 0 Å². The summed E-state index contributed by atoms with van der Waals surface area (Å²) >= 11 is 0. The van der Waals surface area contributed by atoms with Crippen LogP contribution in [0.5, 0.6) is 0 Å². The van der Waals surface area contributed by atoms with Crippen molar-refractivity contribution in [1.82, 2.24) is 15.4 Å². The number of nitrogens with zero attached hydrogens (tertiary/aromatic N) is 4. The highest BCUT2D eigenvalue weighted by Gasteiger charge is 2.11. The summed E-state index contributed by atoms with van der Waals surface area (Å²) in [5.41, 5.74) is 9.88. The number of fused-ring (bicyclic) bond motifs is 1. The molecule has 1 aromatic heterocycles. The third-order valence-corrected chi connectivity index (χ3v) is 1.23. The second-order valence-electron chi connectivity index (χ2n) is 1.84. The molecule has 10 heavy (non-hydrogen) atoms. The smallest absolute Gasteiger partial charge is 0.188 e. The number of anilines is 1. The normalized spacial score (nSPS) is 12.8. The van der Waals surface area contributed by atoms with Crippen LogP contribution in [0, 0.1) is 0 Å². The molecule has 1 aliphatic heterocycles. The molecular formula is C5H4N5. The number of nitrogens with two attached hydrogens (primary N) is 1. The van der Waals surface area contributed by atoms with Gasteiger partial charge in [-0.1, -0.05) is 0 Å². The molecule has 0 bridgehead atoms. The van der Waals surface area contributed by atoms with Crippen molar-refractivity contribution in [3.63, 3.8) is 0 Å². The number of rotatable bonds is 0. The second-order valence-corrected chi connectivity index (χ2v) is 1.84.